The van der Waals surface area contributed by atoms with Crippen molar-refractivity contribution >= 4 is 0 Å². The molecule has 0 aromatic carbocycles. The standard InChI is InChI=1S/C12H19N5O/c1-4-5-13-9(2)8-10-15-11(16-18-10)12-14-6-7-17(12)3/h6-7,9,13H,4-5,8H2,1-3H3. The van der Waals surface area contributed by atoms with Gasteiger partial charge in [0.1, 0.15) is 0 Å². The maximum absolute atomic E-state index is 5.24. The quantitative estimate of drug-likeness (QED) is 0.838. The molecular weight excluding hydrogens is 230 g/mol. The lowest BCUT2D eigenvalue weighted by Crippen LogP contribution is -2.28. The lowest BCUT2D eigenvalue weighted by Gasteiger charge is -2.09. The molecule has 2 aromatic rings. The van der Waals surface area contributed by atoms with Crippen LogP contribution in [-0.2, 0) is 13.5 Å². The predicted octanol–water partition coefficient (Wildman–Crippen LogP) is 1.40. The van der Waals surface area contributed by atoms with E-state index in [1.165, 1.54) is 0 Å². The van der Waals surface area contributed by atoms with Crippen LogP contribution in [0.5, 0.6) is 0 Å². The molecule has 98 valence electrons. The summed E-state index contributed by atoms with van der Waals surface area (Å²) in [6.45, 7) is 5.26. The van der Waals surface area contributed by atoms with Gasteiger partial charge in [0.25, 0.3) is 0 Å². The van der Waals surface area contributed by atoms with Crippen molar-refractivity contribution in [2.75, 3.05) is 6.54 Å². The average molecular weight is 249 g/mol. The van der Waals surface area contributed by atoms with Crippen molar-refractivity contribution in [1.29, 1.82) is 0 Å². The van der Waals surface area contributed by atoms with E-state index in [9.17, 15) is 0 Å². The monoisotopic (exact) mass is 249 g/mol. The van der Waals surface area contributed by atoms with Crippen molar-refractivity contribution in [3.05, 3.63) is 18.3 Å². The molecule has 0 aliphatic heterocycles. The van der Waals surface area contributed by atoms with E-state index in [1.54, 1.807) is 6.20 Å². The molecule has 0 spiro atoms. The highest BCUT2D eigenvalue weighted by Crippen LogP contribution is 2.12. The van der Waals surface area contributed by atoms with Crippen LogP contribution in [0.25, 0.3) is 11.6 Å². The minimum Gasteiger partial charge on any atom is -0.339 e. The van der Waals surface area contributed by atoms with Gasteiger partial charge in [0, 0.05) is 31.9 Å². The summed E-state index contributed by atoms with van der Waals surface area (Å²) in [4.78, 5) is 8.55. The molecule has 6 nitrogen and oxygen atoms in total. The Bertz CT molecular complexity index is 490. The number of nitrogens with one attached hydrogen (secondary N) is 1. The van der Waals surface area contributed by atoms with Gasteiger partial charge in [-0.3, -0.25) is 0 Å². The molecule has 0 fully saturated rings. The number of aryl methyl sites for hydroxylation is 1. The van der Waals surface area contributed by atoms with E-state index < -0.39 is 0 Å². The number of rotatable bonds is 6. The summed E-state index contributed by atoms with van der Waals surface area (Å²) in [6.07, 6.45) is 5.43. The third-order valence-electron chi connectivity index (χ3n) is 2.71. The van der Waals surface area contributed by atoms with Crippen LogP contribution < -0.4 is 5.32 Å². The summed E-state index contributed by atoms with van der Waals surface area (Å²) in [5.74, 6) is 1.91. The Labute approximate surface area is 106 Å². The first-order valence-electron chi connectivity index (χ1n) is 6.24. The van der Waals surface area contributed by atoms with Gasteiger partial charge < -0.3 is 14.4 Å². The van der Waals surface area contributed by atoms with E-state index in [0.717, 1.165) is 25.2 Å². The predicted molar refractivity (Wildman–Crippen MR) is 68.0 cm³/mol. The molecule has 0 amide bonds. The zero-order chi connectivity index (χ0) is 13.0. The molecule has 1 unspecified atom stereocenters. The number of nitrogens with zero attached hydrogens (tertiary/aromatic N) is 4. The molecule has 0 bridgehead atoms. The number of hydrogen-bond acceptors (Lipinski definition) is 5. The van der Waals surface area contributed by atoms with Crippen LogP contribution >= 0.6 is 0 Å². The van der Waals surface area contributed by atoms with Crippen molar-refractivity contribution in [3.8, 4) is 11.6 Å². The number of hydrogen-bond donors (Lipinski definition) is 1. The first-order chi connectivity index (χ1) is 8.70. The minimum atomic E-state index is 0.333. The second kappa shape index (κ2) is 5.77. The fraction of sp³-hybridized carbons (Fsp3) is 0.583. The van der Waals surface area contributed by atoms with Crippen molar-refractivity contribution in [1.82, 2.24) is 25.0 Å². The maximum Gasteiger partial charge on any atom is 0.238 e. The second-order valence-corrected chi connectivity index (χ2v) is 4.43. The Balaban J connectivity index is 2.00. The molecule has 2 heterocycles. The topological polar surface area (TPSA) is 68.8 Å². The fourth-order valence-corrected chi connectivity index (χ4v) is 1.73. The molecule has 0 radical (unpaired) electrons. The second-order valence-electron chi connectivity index (χ2n) is 4.43. The van der Waals surface area contributed by atoms with Gasteiger partial charge in [0.15, 0.2) is 5.82 Å². The highest BCUT2D eigenvalue weighted by Gasteiger charge is 2.14. The maximum atomic E-state index is 5.24. The van der Waals surface area contributed by atoms with Crippen molar-refractivity contribution < 1.29 is 4.52 Å². The molecule has 6 heteroatoms. The summed E-state index contributed by atoms with van der Waals surface area (Å²) in [7, 11) is 1.91. The van der Waals surface area contributed by atoms with Gasteiger partial charge in [-0.1, -0.05) is 12.1 Å². The van der Waals surface area contributed by atoms with Crippen LogP contribution in [0.15, 0.2) is 16.9 Å². The average Bonchev–Trinajstić information content (AvgIpc) is 2.95. The van der Waals surface area contributed by atoms with E-state index in [1.807, 2.05) is 17.8 Å². The summed E-state index contributed by atoms with van der Waals surface area (Å²) in [5, 5.41) is 7.34. The molecule has 0 aliphatic rings. The van der Waals surface area contributed by atoms with Gasteiger partial charge in [-0.05, 0) is 19.9 Å². The van der Waals surface area contributed by atoms with Gasteiger partial charge in [0.2, 0.25) is 11.7 Å². The van der Waals surface area contributed by atoms with Crippen molar-refractivity contribution in [3.63, 3.8) is 0 Å². The summed E-state index contributed by atoms with van der Waals surface area (Å²) >= 11 is 0. The Hall–Kier alpha value is -1.69. The fourth-order valence-electron chi connectivity index (χ4n) is 1.73. The Kier molecular flexibility index (Phi) is 4.09. The first kappa shape index (κ1) is 12.8. The largest absolute Gasteiger partial charge is 0.339 e. The van der Waals surface area contributed by atoms with Crippen LogP contribution in [0.2, 0.25) is 0 Å². The van der Waals surface area contributed by atoms with Gasteiger partial charge in [0.05, 0.1) is 0 Å². The van der Waals surface area contributed by atoms with Crippen LogP contribution in [0.4, 0.5) is 0 Å². The highest BCUT2D eigenvalue weighted by atomic mass is 16.5. The SMILES string of the molecule is CCCNC(C)Cc1nc(-c2nccn2C)no1. The van der Waals surface area contributed by atoms with E-state index >= 15 is 0 Å². The Morgan fingerprint density at radius 2 is 2.33 bits per heavy atom. The summed E-state index contributed by atoms with van der Waals surface area (Å²) in [6, 6.07) is 0.333. The molecule has 2 rings (SSSR count). The molecule has 1 N–H and O–H groups in total. The van der Waals surface area contributed by atoms with E-state index in [-0.39, 0.29) is 0 Å². The molecule has 2 aromatic heterocycles. The van der Waals surface area contributed by atoms with Crippen LogP contribution in [0.1, 0.15) is 26.2 Å². The lowest BCUT2D eigenvalue weighted by molar-refractivity contribution is 0.361. The molecule has 18 heavy (non-hydrogen) atoms. The molecule has 0 aliphatic carbocycles. The van der Waals surface area contributed by atoms with E-state index in [2.05, 4.69) is 34.3 Å². The minimum absolute atomic E-state index is 0.333. The lowest BCUT2D eigenvalue weighted by atomic mass is 10.2. The van der Waals surface area contributed by atoms with Crippen molar-refractivity contribution in [2.24, 2.45) is 7.05 Å². The van der Waals surface area contributed by atoms with Gasteiger partial charge in [-0.2, -0.15) is 4.98 Å². The van der Waals surface area contributed by atoms with Crippen LogP contribution in [0, 0.1) is 0 Å². The van der Waals surface area contributed by atoms with Crippen molar-refractivity contribution in [2.45, 2.75) is 32.7 Å². The third-order valence-corrected chi connectivity index (χ3v) is 2.71. The Morgan fingerprint density at radius 3 is 3.00 bits per heavy atom. The van der Waals surface area contributed by atoms with Gasteiger partial charge in [-0.15, -0.1) is 0 Å². The van der Waals surface area contributed by atoms with Gasteiger partial charge in [-0.25, -0.2) is 4.98 Å². The molecule has 0 saturated heterocycles. The van der Waals surface area contributed by atoms with E-state index in [0.29, 0.717) is 17.8 Å². The Morgan fingerprint density at radius 1 is 1.50 bits per heavy atom. The third kappa shape index (κ3) is 2.95. The molecular formula is C12H19N5O. The van der Waals surface area contributed by atoms with Crippen LogP contribution in [0.3, 0.4) is 0 Å². The molecule has 0 saturated carbocycles. The first-order valence-corrected chi connectivity index (χ1v) is 6.24. The molecule has 1 atom stereocenters. The number of imidazole rings is 1. The normalized spacial score (nSPS) is 12.8. The summed E-state index contributed by atoms with van der Waals surface area (Å²) < 4.78 is 7.11. The highest BCUT2D eigenvalue weighted by molar-refractivity contribution is 5.42. The smallest absolute Gasteiger partial charge is 0.238 e. The zero-order valence-corrected chi connectivity index (χ0v) is 11.1. The van der Waals surface area contributed by atoms with E-state index in [4.69, 9.17) is 4.52 Å². The summed E-state index contributed by atoms with van der Waals surface area (Å²) in [5.41, 5.74) is 0. The van der Waals surface area contributed by atoms with Crippen LogP contribution in [-0.4, -0.2) is 32.3 Å². The number of aromatic nitrogens is 4. The zero-order valence-electron chi connectivity index (χ0n) is 11.1. The van der Waals surface area contributed by atoms with Gasteiger partial charge >= 0.3 is 0 Å².